The van der Waals surface area contributed by atoms with Gasteiger partial charge in [0.25, 0.3) is 0 Å². The molecule has 2 rings (SSSR count). The standard InChI is InChI=1S/C9H6BrN3/c10-7-1-2-8(13-5-7)9-6-11-3-4-12-9/h1-6H. The number of nitrogens with zero attached hydrogens (tertiary/aromatic N) is 3. The summed E-state index contributed by atoms with van der Waals surface area (Å²) in [5.41, 5.74) is 1.62. The minimum absolute atomic E-state index is 0.787. The van der Waals surface area contributed by atoms with E-state index in [4.69, 9.17) is 0 Å². The summed E-state index contributed by atoms with van der Waals surface area (Å²) in [6.45, 7) is 0. The molecule has 0 bridgehead atoms. The van der Waals surface area contributed by atoms with Gasteiger partial charge >= 0.3 is 0 Å². The van der Waals surface area contributed by atoms with Crippen LogP contribution in [0.25, 0.3) is 11.4 Å². The van der Waals surface area contributed by atoms with Crippen LogP contribution in [-0.2, 0) is 0 Å². The van der Waals surface area contributed by atoms with Gasteiger partial charge < -0.3 is 0 Å². The summed E-state index contributed by atoms with van der Waals surface area (Å²) >= 11 is 3.32. The minimum Gasteiger partial charge on any atom is -0.261 e. The zero-order chi connectivity index (χ0) is 9.10. The van der Waals surface area contributed by atoms with Crippen molar-refractivity contribution in [3.05, 3.63) is 41.4 Å². The van der Waals surface area contributed by atoms with Gasteiger partial charge in [0.15, 0.2) is 0 Å². The lowest BCUT2D eigenvalue weighted by Crippen LogP contribution is -1.86. The fourth-order valence-electron chi connectivity index (χ4n) is 0.959. The van der Waals surface area contributed by atoms with Crippen LogP contribution in [0, 0.1) is 0 Å². The molecular formula is C9H6BrN3. The Kier molecular flexibility index (Phi) is 2.31. The van der Waals surface area contributed by atoms with Crippen LogP contribution in [0.3, 0.4) is 0 Å². The summed E-state index contributed by atoms with van der Waals surface area (Å²) in [6, 6.07) is 3.82. The summed E-state index contributed by atoms with van der Waals surface area (Å²) in [4.78, 5) is 12.3. The molecule has 0 N–H and O–H groups in total. The maximum atomic E-state index is 4.20. The van der Waals surface area contributed by atoms with Crippen molar-refractivity contribution < 1.29 is 0 Å². The molecule has 0 spiro atoms. The molecule has 0 aliphatic heterocycles. The third-order valence-electron chi connectivity index (χ3n) is 1.55. The van der Waals surface area contributed by atoms with Crippen molar-refractivity contribution in [3.63, 3.8) is 0 Å². The smallest absolute Gasteiger partial charge is 0.107 e. The SMILES string of the molecule is Brc1ccc(-c2cnccn2)nc1. The van der Waals surface area contributed by atoms with Gasteiger partial charge in [-0.3, -0.25) is 15.0 Å². The summed E-state index contributed by atoms with van der Waals surface area (Å²) in [6.07, 6.45) is 6.72. The quantitative estimate of drug-likeness (QED) is 0.762. The topological polar surface area (TPSA) is 38.7 Å². The Hall–Kier alpha value is -1.29. The monoisotopic (exact) mass is 235 g/mol. The summed E-state index contributed by atoms with van der Waals surface area (Å²) in [5.74, 6) is 0. The first-order valence-electron chi connectivity index (χ1n) is 3.74. The second-order valence-corrected chi connectivity index (χ2v) is 3.37. The molecule has 0 unspecified atom stereocenters. The van der Waals surface area contributed by atoms with Crippen molar-refractivity contribution in [2.45, 2.75) is 0 Å². The van der Waals surface area contributed by atoms with Crippen LogP contribution in [-0.4, -0.2) is 15.0 Å². The number of rotatable bonds is 1. The first-order chi connectivity index (χ1) is 6.36. The molecule has 0 aliphatic carbocycles. The van der Waals surface area contributed by atoms with Gasteiger partial charge in [-0.1, -0.05) is 0 Å². The highest BCUT2D eigenvalue weighted by Crippen LogP contribution is 2.14. The zero-order valence-electron chi connectivity index (χ0n) is 6.68. The number of aromatic nitrogens is 3. The Labute approximate surface area is 84.0 Å². The van der Waals surface area contributed by atoms with Crippen molar-refractivity contribution in [3.8, 4) is 11.4 Å². The fourth-order valence-corrected chi connectivity index (χ4v) is 1.19. The van der Waals surface area contributed by atoms with Crippen LogP contribution in [0.2, 0.25) is 0 Å². The Bertz CT molecular complexity index is 385. The molecule has 3 nitrogen and oxygen atoms in total. The van der Waals surface area contributed by atoms with E-state index in [0.717, 1.165) is 15.9 Å². The molecule has 2 aromatic heterocycles. The Morgan fingerprint density at radius 1 is 0.923 bits per heavy atom. The van der Waals surface area contributed by atoms with Gasteiger partial charge in [0.1, 0.15) is 5.69 Å². The average Bonchev–Trinajstić information content (AvgIpc) is 2.20. The largest absolute Gasteiger partial charge is 0.261 e. The normalized spacial score (nSPS) is 9.92. The van der Waals surface area contributed by atoms with Gasteiger partial charge in [-0.25, -0.2) is 0 Å². The van der Waals surface area contributed by atoms with Crippen molar-refractivity contribution in [2.24, 2.45) is 0 Å². The first-order valence-corrected chi connectivity index (χ1v) is 4.53. The minimum atomic E-state index is 0.787. The molecule has 0 amide bonds. The number of hydrogen-bond donors (Lipinski definition) is 0. The third kappa shape index (κ3) is 1.89. The van der Waals surface area contributed by atoms with E-state index < -0.39 is 0 Å². The zero-order valence-corrected chi connectivity index (χ0v) is 8.27. The Morgan fingerprint density at radius 2 is 1.85 bits per heavy atom. The third-order valence-corrected chi connectivity index (χ3v) is 2.02. The van der Waals surface area contributed by atoms with Crippen molar-refractivity contribution in [1.29, 1.82) is 0 Å². The second-order valence-electron chi connectivity index (χ2n) is 2.45. The molecule has 4 heteroatoms. The van der Waals surface area contributed by atoms with E-state index in [0.29, 0.717) is 0 Å². The summed E-state index contributed by atoms with van der Waals surface area (Å²) in [7, 11) is 0. The van der Waals surface area contributed by atoms with Gasteiger partial charge in [-0.15, -0.1) is 0 Å². The van der Waals surface area contributed by atoms with E-state index in [1.54, 1.807) is 24.8 Å². The highest BCUT2D eigenvalue weighted by atomic mass is 79.9. The summed E-state index contributed by atoms with van der Waals surface area (Å²) in [5, 5.41) is 0. The molecule has 0 radical (unpaired) electrons. The van der Waals surface area contributed by atoms with E-state index in [1.165, 1.54) is 0 Å². The van der Waals surface area contributed by atoms with Crippen LogP contribution in [0.15, 0.2) is 41.4 Å². The second kappa shape index (κ2) is 3.62. The van der Waals surface area contributed by atoms with Crippen LogP contribution in [0.1, 0.15) is 0 Å². The molecular weight excluding hydrogens is 230 g/mol. The molecule has 64 valence electrons. The molecule has 0 aliphatic rings. The Morgan fingerprint density at radius 3 is 2.46 bits per heavy atom. The van der Waals surface area contributed by atoms with Gasteiger partial charge in [0, 0.05) is 23.1 Å². The molecule has 0 saturated carbocycles. The van der Waals surface area contributed by atoms with Crippen molar-refractivity contribution in [2.75, 3.05) is 0 Å². The predicted octanol–water partition coefficient (Wildman–Crippen LogP) is 2.30. The van der Waals surface area contributed by atoms with Gasteiger partial charge in [-0.05, 0) is 28.1 Å². The van der Waals surface area contributed by atoms with E-state index in [-0.39, 0.29) is 0 Å². The van der Waals surface area contributed by atoms with Gasteiger partial charge in [-0.2, -0.15) is 0 Å². The molecule has 0 fully saturated rings. The van der Waals surface area contributed by atoms with Crippen molar-refractivity contribution in [1.82, 2.24) is 15.0 Å². The lowest BCUT2D eigenvalue weighted by molar-refractivity contribution is 1.17. The van der Waals surface area contributed by atoms with Crippen LogP contribution < -0.4 is 0 Å². The fraction of sp³-hybridized carbons (Fsp3) is 0. The molecule has 2 aromatic rings. The lowest BCUT2D eigenvalue weighted by Gasteiger charge is -1.97. The molecule has 0 aromatic carbocycles. The Balaban J connectivity index is 2.42. The van der Waals surface area contributed by atoms with Crippen LogP contribution in [0.4, 0.5) is 0 Å². The highest BCUT2D eigenvalue weighted by molar-refractivity contribution is 9.10. The molecule has 0 atom stereocenters. The first kappa shape index (κ1) is 8.31. The van der Waals surface area contributed by atoms with Crippen LogP contribution >= 0.6 is 15.9 Å². The van der Waals surface area contributed by atoms with Gasteiger partial charge in [0.2, 0.25) is 0 Å². The van der Waals surface area contributed by atoms with E-state index in [9.17, 15) is 0 Å². The van der Waals surface area contributed by atoms with Gasteiger partial charge in [0.05, 0.1) is 11.9 Å². The molecule has 13 heavy (non-hydrogen) atoms. The van der Waals surface area contributed by atoms with Crippen molar-refractivity contribution >= 4 is 15.9 Å². The molecule has 2 heterocycles. The number of hydrogen-bond acceptors (Lipinski definition) is 3. The highest BCUT2D eigenvalue weighted by Gasteiger charge is 1.98. The lowest BCUT2D eigenvalue weighted by atomic mass is 10.3. The van der Waals surface area contributed by atoms with E-state index in [2.05, 4.69) is 30.9 Å². The maximum absolute atomic E-state index is 4.20. The van der Waals surface area contributed by atoms with E-state index >= 15 is 0 Å². The van der Waals surface area contributed by atoms with Crippen LogP contribution in [0.5, 0.6) is 0 Å². The molecule has 0 saturated heterocycles. The summed E-state index contributed by atoms with van der Waals surface area (Å²) < 4.78 is 0.958. The number of pyridine rings is 1. The maximum Gasteiger partial charge on any atom is 0.107 e. The average molecular weight is 236 g/mol. The van der Waals surface area contributed by atoms with E-state index in [1.807, 2.05) is 12.1 Å². The number of halogens is 1. The predicted molar refractivity (Wildman–Crippen MR) is 53.0 cm³/mol.